The Hall–Kier alpha value is -1.22. The standard InChI is InChI=1S/C11H16O3/c1-3-7(2)11(14)8-4-5-9(12)10(13)6-8/h4-7,11-14H,3H2,1-2H3. The van der Waals surface area contributed by atoms with E-state index in [2.05, 4.69) is 0 Å². The zero-order chi connectivity index (χ0) is 10.7. The van der Waals surface area contributed by atoms with Crippen LogP contribution in [0.4, 0.5) is 0 Å². The summed E-state index contributed by atoms with van der Waals surface area (Å²) in [7, 11) is 0. The van der Waals surface area contributed by atoms with Gasteiger partial charge in [-0.3, -0.25) is 0 Å². The van der Waals surface area contributed by atoms with Crippen LogP contribution in [0.5, 0.6) is 11.5 Å². The minimum atomic E-state index is -0.591. The molecule has 0 aliphatic heterocycles. The summed E-state index contributed by atoms with van der Waals surface area (Å²) in [5.74, 6) is -0.214. The molecule has 1 rings (SSSR count). The van der Waals surface area contributed by atoms with Crippen molar-refractivity contribution in [1.29, 1.82) is 0 Å². The molecule has 0 heterocycles. The van der Waals surface area contributed by atoms with E-state index in [-0.39, 0.29) is 17.4 Å². The zero-order valence-corrected chi connectivity index (χ0v) is 8.44. The van der Waals surface area contributed by atoms with Crippen LogP contribution in [0.1, 0.15) is 31.9 Å². The minimum Gasteiger partial charge on any atom is -0.504 e. The molecule has 0 aromatic heterocycles. The summed E-state index contributed by atoms with van der Waals surface area (Å²) in [4.78, 5) is 0. The zero-order valence-electron chi connectivity index (χ0n) is 8.44. The van der Waals surface area contributed by atoms with Gasteiger partial charge in [0.25, 0.3) is 0 Å². The second-order valence-electron chi connectivity index (χ2n) is 3.58. The highest BCUT2D eigenvalue weighted by molar-refractivity contribution is 5.41. The number of aliphatic hydroxyl groups excluding tert-OH is 1. The van der Waals surface area contributed by atoms with Crippen LogP contribution < -0.4 is 0 Å². The van der Waals surface area contributed by atoms with Crippen molar-refractivity contribution >= 4 is 0 Å². The summed E-state index contributed by atoms with van der Waals surface area (Å²) < 4.78 is 0. The number of phenolic OH excluding ortho intramolecular Hbond substituents is 2. The molecule has 1 aromatic carbocycles. The Labute approximate surface area is 83.6 Å². The van der Waals surface area contributed by atoms with Crippen LogP contribution in [-0.4, -0.2) is 15.3 Å². The van der Waals surface area contributed by atoms with Gasteiger partial charge in [0.05, 0.1) is 6.10 Å². The maximum absolute atomic E-state index is 9.81. The summed E-state index contributed by atoms with van der Waals surface area (Å²) in [6.45, 7) is 3.93. The smallest absolute Gasteiger partial charge is 0.157 e. The summed E-state index contributed by atoms with van der Waals surface area (Å²) >= 11 is 0. The van der Waals surface area contributed by atoms with Crippen molar-refractivity contribution in [2.45, 2.75) is 26.4 Å². The van der Waals surface area contributed by atoms with Crippen molar-refractivity contribution in [1.82, 2.24) is 0 Å². The van der Waals surface area contributed by atoms with E-state index in [1.54, 1.807) is 6.07 Å². The van der Waals surface area contributed by atoms with E-state index in [0.29, 0.717) is 5.56 Å². The Kier molecular flexibility index (Phi) is 3.36. The van der Waals surface area contributed by atoms with Crippen LogP contribution >= 0.6 is 0 Å². The number of aliphatic hydroxyl groups is 1. The lowest BCUT2D eigenvalue weighted by molar-refractivity contribution is 0.115. The topological polar surface area (TPSA) is 60.7 Å². The Balaban J connectivity index is 2.91. The van der Waals surface area contributed by atoms with Crippen LogP contribution in [0.3, 0.4) is 0 Å². The molecule has 0 saturated carbocycles. The van der Waals surface area contributed by atoms with E-state index in [1.807, 2.05) is 13.8 Å². The van der Waals surface area contributed by atoms with Crippen LogP contribution in [0.25, 0.3) is 0 Å². The molecule has 0 bridgehead atoms. The molecule has 0 radical (unpaired) electrons. The van der Waals surface area contributed by atoms with Crippen LogP contribution in [-0.2, 0) is 0 Å². The fourth-order valence-electron chi connectivity index (χ4n) is 1.28. The summed E-state index contributed by atoms with van der Waals surface area (Å²) in [6.07, 6.45) is 0.273. The van der Waals surface area contributed by atoms with Gasteiger partial charge in [-0.1, -0.05) is 26.3 Å². The minimum absolute atomic E-state index is 0.138. The van der Waals surface area contributed by atoms with Gasteiger partial charge >= 0.3 is 0 Å². The molecule has 3 nitrogen and oxygen atoms in total. The molecule has 3 N–H and O–H groups in total. The average molecular weight is 196 g/mol. The largest absolute Gasteiger partial charge is 0.504 e. The van der Waals surface area contributed by atoms with Gasteiger partial charge in [0.15, 0.2) is 11.5 Å². The number of benzene rings is 1. The van der Waals surface area contributed by atoms with Crippen molar-refractivity contribution in [3.63, 3.8) is 0 Å². The van der Waals surface area contributed by atoms with Gasteiger partial charge in [-0.2, -0.15) is 0 Å². The van der Waals surface area contributed by atoms with Gasteiger partial charge in [-0.25, -0.2) is 0 Å². The highest BCUT2D eigenvalue weighted by Crippen LogP contribution is 2.31. The summed E-state index contributed by atoms with van der Waals surface area (Å²) in [5, 5.41) is 28.1. The third-order valence-corrected chi connectivity index (χ3v) is 2.52. The lowest BCUT2D eigenvalue weighted by Crippen LogP contribution is -2.07. The van der Waals surface area contributed by atoms with Crippen LogP contribution in [0.2, 0.25) is 0 Å². The predicted octanol–water partition coefficient (Wildman–Crippen LogP) is 2.18. The molecule has 3 heteroatoms. The SMILES string of the molecule is CCC(C)C(O)c1ccc(O)c(O)c1. The average Bonchev–Trinajstić information content (AvgIpc) is 2.20. The molecular formula is C11H16O3. The van der Waals surface area contributed by atoms with E-state index in [4.69, 9.17) is 5.11 Å². The third-order valence-electron chi connectivity index (χ3n) is 2.52. The van der Waals surface area contributed by atoms with E-state index in [0.717, 1.165) is 6.42 Å². The van der Waals surface area contributed by atoms with E-state index in [1.165, 1.54) is 12.1 Å². The monoisotopic (exact) mass is 196 g/mol. The third kappa shape index (κ3) is 2.17. The van der Waals surface area contributed by atoms with Crippen molar-refractivity contribution in [2.75, 3.05) is 0 Å². The van der Waals surface area contributed by atoms with Gasteiger partial charge in [0.1, 0.15) is 0 Å². The van der Waals surface area contributed by atoms with Gasteiger partial charge in [-0.15, -0.1) is 0 Å². The van der Waals surface area contributed by atoms with Crippen molar-refractivity contribution in [2.24, 2.45) is 5.92 Å². The Morgan fingerprint density at radius 2 is 1.86 bits per heavy atom. The number of phenols is 2. The summed E-state index contributed by atoms with van der Waals surface area (Å²) in [6, 6.07) is 4.40. The lowest BCUT2D eigenvalue weighted by atomic mass is 9.95. The highest BCUT2D eigenvalue weighted by atomic mass is 16.3. The van der Waals surface area contributed by atoms with Crippen LogP contribution in [0.15, 0.2) is 18.2 Å². The molecule has 78 valence electrons. The molecule has 0 aliphatic rings. The molecule has 0 fully saturated rings. The molecule has 14 heavy (non-hydrogen) atoms. The molecule has 0 spiro atoms. The molecule has 0 amide bonds. The quantitative estimate of drug-likeness (QED) is 0.649. The van der Waals surface area contributed by atoms with E-state index in [9.17, 15) is 10.2 Å². The Morgan fingerprint density at radius 3 is 2.36 bits per heavy atom. The maximum Gasteiger partial charge on any atom is 0.157 e. The fraction of sp³-hybridized carbons (Fsp3) is 0.455. The highest BCUT2D eigenvalue weighted by Gasteiger charge is 2.15. The van der Waals surface area contributed by atoms with E-state index < -0.39 is 6.10 Å². The summed E-state index contributed by atoms with van der Waals surface area (Å²) in [5.41, 5.74) is 0.634. The van der Waals surface area contributed by atoms with Gasteiger partial charge in [0, 0.05) is 0 Å². The molecule has 2 atom stereocenters. The Bertz CT molecular complexity index is 309. The fourth-order valence-corrected chi connectivity index (χ4v) is 1.28. The van der Waals surface area contributed by atoms with Crippen molar-refractivity contribution in [3.8, 4) is 11.5 Å². The number of rotatable bonds is 3. The van der Waals surface area contributed by atoms with Crippen molar-refractivity contribution in [3.05, 3.63) is 23.8 Å². The van der Waals surface area contributed by atoms with E-state index >= 15 is 0 Å². The Morgan fingerprint density at radius 1 is 1.21 bits per heavy atom. The van der Waals surface area contributed by atoms with Gasteiger partial charge < -0.3 is 15.3 Å². The predicted molar refractivity (Wildman–Crippen MR) is 54.2 cm³/mol. The first-order valence-corrected chi connectivity index (χ1v) is 4.76. The second kappa shape index (κ2) is 4.33. The molecule has 0 saturated heterocycles. The molecule has 0 aliphatic carbocycles. The molecular weight excluding hydrogens is 180 g/mol. The molecule has 2 unspecified atom stereocenters. The normalized spacial score (nSPS) is 15.1. The number of aromatic hydroxyl groups is 2. The second-order valence-corrected chi connectivity index (χ2v) is 3.58. The van der Waals surface area contributed by atoms with Crippen molar-refractivity contribution < 1.29 is 15.3 Å². The molecule has 1 aromatic rings. The lowest BCUT2D eigenvalue weighted by Gasteiger charge is -2.17. The first-order valence-electron chi connectivity index (χ1n) is 4.76. The first-order chi connectivity index (χ1) is 6.56. The van der Waals surface area contributed by atoms with Gasteiger partial charge in [0.2, 0.25) is 0 Å². The van der Waals surface area contributed by atoms with Crippen LogP contribution in [0, 0.1) is 5.92 Å². The first kappa shape index (κ1) is 10.9. The number of hydrogen-bond donors (Lipinski definition) is 3. The number of hydrogen-bond acceptors (Lipinski definition) is 3. The maximum atomic E-state index is 9.81. The van der Waals surface area contributed by atoms with Gasteiger partial charge in [-0.05, 0) is 23.6 Å².